The summed E-state index contributed by atoms with van der Waals surface area (Å²) in [6, 6.07) is 1.60. The Balaban J connectivity index is 2.59. The number of H-pyrrole nitrogens is 1. The van der Waals surface area contributed by atoms with Crippen LogP contribution in [0.25, 0.3) is 0 Å². The standard InChI is InChI=1S/C8H13N3O2/c1-5(2)8(13)9-7-3-6(4-12)10-11-7/h3,5,12H,4H2,1-2H3,(H2,9,10,11,13). The molecule has 1 heterocycles. The third kappa shape index (κ3) is 2.55. The van der Waals surface area contributed by atoms with Crippen molar-refractivity contribution in [1.29, 1.82) is 0 Å². The van der Waals surface area contributed by atoms with Crippen molar-refractivity contribution in [2.45, 2.75) is 20.5 Å². The van der Waals surface area contributed by atoms with Crippen molar-refractivity contribution in [1.82, 2.24) is 10.2 Å². The summed E-state index contributed by atoms with van der Waals surface area (Å²) in [5, 5.41) is 17.7. The topological polar surface area (TPSA) is 78.0 Å². The minimum absolute atomic E-state index is 0.0747. The van der Waals surface area contributed by atoms with E-state index in [1.807, 2.05) is 0 Å². The van der Waals surface area contributed by atoms with E-state index < -0.39 is 0 Å². The summed E-state index contributed by atoms with van der Waals surface area (Å²) in [7, 11) is 0. The highest BCUT2D eigenvalue weighted by Crippen LogP contribution is 2.06. The first-order chi connectivity index (χ1) is 6.13. The molecule has 72 valence electrons. The third-order valence-corrected chi connectivity index (χ3v) is 1.58. The van der Waals surface area contributed by atoms with Gasteiger partial charge in [-0.3, -0.25) is 9.89 Å². The van der Waals surface area contributed by atoms with Crippen LogP contribution >= 0.6 is 0 Å². The van der Waals surface area contributed by atoms with Crippen LogP contribution in [-0.4, -0.2) is 21.2 Å². The summed E-state index contributed by atoms with van der Waals surface area (Å²) in [6.07, 6.45) is 0. The molecule has 1 aromatic heterocycles. The highest BCUT2D eigenvalue weighted by Gasteiger charge is 2.08. The number of nitrogens with one attached hydrogen (secondary N) is 2. The molecule has 0 aliphatic heterocycles. The molecule has 5 nitrogen and oxygen atoms in total. The molecule has 0 radical (unpaired) electrons. The SMILES string of the molecule is CC(C)C(=O)Nc1cc(CO)[nH]n1. The Morgan fingerprint density at radius 1 is 1.77 bits per heavy atom. The van der Waals surface area contributed by atoms with E-state index in [4.69, 9.17) is 5.11 Å². The molecule has 3 N–H and O–H groups in total. The average Bonchev–Trinajstić information content (AvgIpc) is 2.52. The summed E-state index contributed by atoms with van der Waals surface area (Å²) < 4.78 is 0. The number of carbonyl (C=O) groups is 1. The second-order valence-electron chi connectivity index (χ2n) is 3.08. The smallest absolute Gasteiger partial charge is 0.228 e. The van der Waals surface area contributed by atoms with Gasteiger partial charge >= 0.3 is 0 Å². The lowest BCUT2D eigenvalue weighted by Gasteiger charge is -2.02. The zero-order chi connectivity index (χ0) is 9.84. The first kappa shape index (κ1) is 9.73. The third-order valence-electron chi connectivity index (χ3n) is 1.58. The van der Waals surface area contributed by atoms with E-state index >= 15 is 0 Å². The van der Waals surface area contributed by atoms with Crippen LogP contribution in [0.1, 0.15) is 19.5 Å². The molecule has 0 saturated heterocycles. The first-order valence-electron chi connectivity index (χ1n) is 4.09. The van der Waals surface area contributed by atoms with Gasteiger partial charge in [-0.1, -0.05) is 13.8 Å². The van der Waals surface area contributed by atoms with Crippen LogP contribution in [0.3, 0.4) is 0 Å². The molecule has 1 amide bonds. The molecular formula is C8H13N3O2. The number of aromatic nitrogens is 2. The average molecular weight is 183 g/mol. The minimum Gasteiger partial charge on any atom is -0.390 e. The maximum absolute atomic E-state index is 11.2. The number of carbonyl (C=O) groups excluding carboxylic acids is 1. The zero-order valence-electron chi connectivity index (χ0n) is 7.66. The van der Waals surface area contributed by atoms with Gasteiger partial charge in [-0.15, -0.1) is 0 Å². The van der Waals surface area contributed by atoms with Crippen molar-refractivity contribution < 1.29 is 9.90 Å². The number of aliphatic hydroxyl groups excluding tert-OH is 1. The van der Waals surface area contributed by atoms with Gasteiger partial charge in [0.1, 0.15) is 0 Å². The van der Waals surface area contributed by atoms with Crippen LogP contribution in [-0.2, 0) is 11.4 Å². The van der Waals surface area contributed by atoms with E-state index in [9.17, 15) is 4.79 Å². The molecule has 0 aliphatic carbocycles. The largest absolute Gasteiger partial charge is 0.390 e. The summed E-state index contributed by atoms with van der Waals surface area (Å²) >= 11 is 0. The van der Waals surface area contributed by atoms with Crippen molar-refractivity contribution in [3.63, 3.8) is 0 Å². The summed E-state index contributed by atoms with van der Waals surface area (Å²) in [6.45, 7) is 3.49. The fourth-order valence-electron chi connectivity index (χ4n) is 0.777. The predicted octanol–water partition coefficient (Wildman–Crippen LogP) is 0.496. The van der Waals surface area contributed by atoms with E-state index in [-0.39, 0.29) is 18.4 Å². The number of nitrogens with zero attached hydrogens (tertiary/aromatic N) is 1. The summed E-state index contributed by atoms with van der Waals surface area (Å²) in [5.74, 6) is 0.285. The van der Waals surface area contributed by atoms with Crippen LogP contribution in [0.2, 0.25) is 0 Å². The monoisotopic (exact) mass is 183 g/mol. The fraction of sp³-hybridized carbons (Fsp3) is 0.500. The van der Waals surface area contributed by atoms with Crippen molar-refractivity contribution in [3.8, 4) is 0 Å². The molecule has 0 saturated carbocycles. The number of aliphatic hydroxyl groups is 1. The van der Waals surface area contributed by atoms with Crippen LogP contribution in [0.4, 0.5) is 5.82 Å². The molecule has 1 rings (SSSR count). The highest BCUT2D eigenvalue weighted by molar-refractivity contribution is 5.91. The van der Waals surface area contributed by atoms with Crippen molar-refractivity contribution in [2.24, 2.45) is 5.92 Å². The highest BCUT2D eigenvalue weighted by atomic mass is 16.3. The quantitative estimate of drug-likeness (QED) is 0.638. The van der Waals surface area contributed by atoms with Gasteiger partial charge in [-0.05, 0) is 0 Å². The second kappa shape index (κ2) is 4.04. The number of hydrogen-bond acceptors (Lipinski definition) is 3. The Morgan fingerprint density at radius 3 is 2.92 bits per heavy atom. The Labute approximate surface area is 76.2 Å². The maximum atomic E-state index is 11.2. The van der Waals surface area contributed by atoms with Gasteiger partial charge in [0.15, 0.2) is 5.82 Å². The lowest BCUT2D eigenvalue weighted by molar-refractivity contribution is -0.118. The molecule has 0 aromatic carbocycles. The maximum Gasteiger partial charge on any atom is 0.228 e. The Morgan fingerprint density at radius 2 is 2.46 bits per heavy atom. The van der Waals surface area contributed by atoms with Gasteiger partial charge in [0.2, 0.25) is 5.91 Å². The number of rotatable bonds is 3. The molecule has 0 bridgehead atoms. The predicted molar refractivity (Wildman–Crippen MR) is 48.0 cm³/mol. The van der Waals surface area contributed by atoms with Gasteiger partial charge in [-0.2, -0.15) is 5.10 Å². The molecule has 13 heavy (non-hydrogen) atoms. The zero-order valence-corrected chi connectivity index (χ0v) is 7.66. The molecular weight excluding hydrogens is 170 g/mol. The van der Waals surface area contributed by atoms with Crippen molar-refractivity contribution in [3.05, 3.63) is 11.8 Å². The number of anilines is 1. The molecule has 0 spiro atoms. The Hall–Kier alpha value is -1.36. The van der Waals surface area contributed by atoms with Crippen molar-refractivity contribution >= 4 is 11.7 Å². The van der Waals surface area contributed by atoms with Crippen LogP contribution < -0.4 is 5.32 Å². The van der Waals surface area contributed by atoms with E-state index in [2.05, 4.69) is 15.5 Å². The second-order valence-corrected chi connectivity index (χ2v) is 3.08. The van der Waals surface area contributed by atoms with Gasteiger partial charge in [0, 0.05) is 12.0 Å². The van der Waals surface area contributed by atoms with Crippen LogP contribution in [0, 0.1) is 5.92 Å². The van der Waals surface area contributed by atoms with E-state index in [1.54, 1.807) is 19.9 Å². The minimum atomic E-state index is -0.107. The lowest BCUT2D eigenvalue weighted by Crippen LogP contribution is -2.17. The van der Waals surface area contributed by atoms with Gasteiger partial charge in [-0.25, -0.2) is 0 Å². The molecule has 0 atom stereocenters. The molecule has 0 aliphatic rings. The van der Waals surface area contributed by atoms with Crippen LogP contribution in [0.5, 0.6) is 0 Å². The van der Waals surface area contributed by atoms with Gasteiger partial charge in [0.25, 0.3) is 0 Å². The van der Waals surface area contributed by atoms with E-state index in [1.165, 1.54) is 0 Å². The van der Waals surface area contributed by atoms with Crippen LogP contribution in [0.15, 0.2) is 6.07 Å². The number of hydrogen-bond donors (Lipinski definition) is 3. The Kier molecular flexibility index (Phi) is 3.02. The summed E-state index contributed by atoms with van der Waals surface area (Å²) in [5.41, 5.74) is 0.582. The van der Waals surface area contributed by atoms with Gasteiger partial charge in [0.05, 0.1) is 12.3 Å². The van der Waals surface area contributed by atoms with Crippen molar-refractivity contribution in [2.75, 3.05) is 5.32 Å². The molecule has 1 aromatic rings. The number of amides is 1. The first-order valence-corrected chi connectivity index (χ1v) is 4.09. The number of aromatic amines is 1. The molecule has 0 fully saturated rings. The van der Waals surface area contributed by atoms with Gasteiger partial charge < -0.3 is 10.4 Å². The van der Waals surface area contributed by atoms with E-state index in [0.717, 1.165) is 0 Å². The molecule has 0 unspecified atom stereocenters. The lowest BCUT2D eigenvalue weighted by atomic mass is 10.2. The Bertz CT molecular complexity index is 293. The summed E-state index contributed by atoms with van der Waals surface area (Å²) in [4.78, 5) is 11.2. The fourth-order valence-corrected chi connectivity index (χ4v) is 0.777. The van der Waals surface area contributed by atoms with E-state index in [0.29, 0.717) is 11.5 Å². The molecule has 5 heteroatoms. The normalized spacial score (nSPS) is 10.5.